The van der Waals surface area contributed by atoms with E-state index < -0.39 is 6.04 Å². The Bertz CT molecular complexity index is 630. The molecule has 0 aliphatic carbocycles. The zero-order chi connectivity index (χ0) is 15.1. The van der Waals surface area contributed by atoms with E-state index in [4.69, 9.17) is 10.00 Å². The van der Waals surface area contributed by atoms with Crippen LogP contribution in [-0.2, 0) is 9.53 Å². The summed E-state index contributed by atoms with van der Waals surface area (Å²) in [7, 11) is 0. The van der Waals surface area contributed by atoms with Crippen LogP contribution in [-0.4, -0.2) is 12.6 Å². The second-order valence-corrected chi connectivity index (χ2v) is 4.43. The highest BCUT2D eigenvalue weighted by Gasteiger charge is 2.21. The number of nitrogens with zero attached hydrogens (tertiary/aromatic N) is 1. The molecular formula is C17H16N2O2. The summed E-state index contributed by atoms with van der Waals surface area (Å²) in [4.78, 5) is 12.2. The topological polar surface area (TPSA) is 62.1 Å². The lowest BCUT2D eigenvalue weighted by molar-refractivity contribution is -0.144. The van der Waals surface area contributed by atoms with Gasteiger partial charge < -0.3 is 10.1 Å². The Labute approximate surface area is 124 Å². The Hall–Kier alpha value is -2.80. The lowest BCUT2D eigenvalue weighted by Gasteiger charge is -2.18. The van der Waals surface area contributed by atoms with E-state index >= 15 is 0 Å². The molecule has 2 rings (SSSR count). The smallest absolute Gasteiger partial charge is 0.333 e. The summed E-state index contributed by atoms with van der Waals surface area (Å²) in [5.74, 6) is -0.342. The number of carbonyl (C=O) groups excluding carboxylic acids is 1. The zero-order valence-electron chi connectivity index (χ0n) is 11.7. The van der Waals surface area contributed by atoms with E-state index in [0.29, 0.717) is 12.2 Å². The van der Waals surface area contributed by atoms with Crippen molar-refractivity contribution in [3.63, 3.8) is 0 Å². The number of ether oxygens (including phenoxy) is 1. The van der Waals surface area contributed by atoms with Crippen LogP contribution in [0.2, 0.25) is 0 Å². The molecular weight excluding hydrogens is 264 g/mol. The number of hydrogen-bond acceptors (Lipinski definition) is 4. The van der Waals surface area contributed by atoms with E-state index in [-0.39, 0.29) is 5.97 Å². The first kappa shape index (κ1) is 14.6. The van der Waals surface area contributed by atoms with Crippen molar-refractivity contribution in [2.75, 3.05) is 11.9 Å². The number of hydrogen-bond donors (Lipinski definition) is 1. The number of nitriles is 1. The molecule has 0 saturated heterocycles. The fourth-order valence-electron chi connectivity index (χ4n) is 1.96. The van der Waals surface area contributed by atoms with E-state index in [9.17, 15) is 4.79 Å². The number of nitrogens with one attached hydrogen (secondary N) is 1. The molecule has 0 amide bonds. The van der Waals surface area contributed by atoms with Gasteiger partial charge in [-0.25, -0.2) is 4.79 Å². The molecule has 2 aromatic carbocycles. The standard InChI is InChI=1S/C17H16N2O2/c1-2-21-17(20)16(19-15-6-4-3-5-7-15)14-10-8-13(12-18)9-11-14/h3-11,16,19H,2H2,1H3. The average molecular weight is 280 g/mol. The molecule has 0 saturated carbocycles. The molecule has 4 heteroatoms. The number of anilines is 1. The fourth-order valence-corrected chi connectivity index (χ4v) is 1.96. The van der Waals surface area contributed by atoms with E-state index in [2.05, 4.69) is 11.4 Å². The molecule has 0 heterocycles. The normalized spacial score (nSPS) is 11.2. The maximum absolute atomic E-state index is 12.2. The first-order chi connectivity index (χ1) is 10.2. The van der Waals surface area contributed by atoms with Crippen LogP contribution in [0.25, 0.3) is 0 Å². The summed E-state index contributed by atoms with van der Waals surface area (Å²) in [5.41, 5.74) is 2.15. The van der Waals surface area contributed by atoms with Crippen molar-refractivity contribution in [3.05, 3.63) is 65.7 Å². The van der Waals surface area contributed by atoms with Gasteiger partial charge in [-0.3, -0.25) is 0 Å². The monoisotopic (exact) mass is 280 g/mol. The average Bonchev–Trinajstić information content (AvgIpc) is 2.54. The van der Waals surface area contributed by atoms with Crippen LogP contribution in [0.3, 0.4) is 0 Å². The van der Waals surface area contributed by atoms with E-state index in [1.807, 2.05) is 30.3 Å². The first-order valence-corrected chi connectivity index (χ1v) is 6.73. The Morgan fingerprint density at radius 2 is 1.86 bits per heavy atom. The van der Waals surface area contributed by atoms with Gasteiger partial charge in [-0.2, -0.15) is 5.26 Å². The Morgan fingerprint density at radius 1 is 1.19 bits per heavy atom. The van der Waals surface area contributed by atoms with Crippen molar-refractivity contribution < 1.29 is 9.53 Å². The summed E-state index contributed by atoms with van der Waals surface area (Å²) in [6.45, 7) is 2.10. The molecule has 0 radical (unpaired) electrons. The van der Waals surface area contributed by atoms with Gasteiger partial charge in [0, 0.05) is 5.69 Å². The second-order valence-electron chi connectivity index (χ2n) is 4.43. The third kappa shape index (κ3) is 3.83. The van der Waals surface area contributed by atoms with E-state index in [1.54, 1.807) is 31.2 Å². The number of esters is 1. The number of para-hydroxylation sites is 1. The van der Waals surface area contributed by atoms with Gasteiger partial charge in [-0.1, -0.05) is 30.3 Å². The Morgan fingerprint density at radius 3 is 2.43 bits per heavy atom. The molecule has 1 atom stereocenters. The van der Waals surface area contributed by atoms with Gasteiger partial charge in [0.25, 0.3) is 0 Å². The van der Waals surface area contributed by atoms with Gasteiger partial charge >= 0.3 is 5.97 Å². The molecule has 0 aliphatic heterocycles. The lowest BCUT2D eigenvalue weighted by atomic mass is 10.0. The van der Waals surface area contributed by atoms with Gasteiger partial charge in [0.15, 0.2) is 6.04 Å². The van der Waals surface area contributed by atoms with Crippen molar-refractivity contribution in [1.82, 2.24) is 0 Å². The first-order valence-electron chi connectivity index (χ1n) is 6.73. The largest absolute Gasteiger partial charge is 0.464 e. The Balaban J connectivity index is 2.27. The highest BCUT2D eigenvalue weighted by molar-refractivity contribution is 5.81. The molecule has 0 aliphatic rings. The predicted molar refractivity (Wildman–Crippen MR) is 80.6 cm³/mol. The van der Waals surface area contributed by atoms with Crippen LogP contribution in [0.15, 0.2) is 54.6 Å². The molecule has 1 unspecified atom stereocenters. The van der Waals surface area contributed by atoms with Gasteiger partial charge in [-0.05, 0) is 36.8 Å². The zero-order valence-corrected chi connectivity index (χ0v) is 11.7. The minimum atomic E-state index is -0.597. The van der Waals surface area contributed by atoms with Gasteiger partial charge in [-0.15, -0.1) is 0 Å². The highest BCUT2D eigenvalue weighted by atomic mass is 16.5. The van der Waals surface area contributed by atoms with E-state index in [0.717, 1.165) is 11.3 Å². The van der Waals surface area contributed by atoms with E-state index in [1.165, 1.54) is 0 Å². The number of benzene rings is 2. The van der Waals surface area contributed by atoms with Crippen LogP contribution in [0.5, 0.6) is 0 Å². The molecule has 21 heavy (non-hydrogen) atoms. The van der Waals surface area contributed by atoms with Crippen LogP contribution in [0.1, 0.15) is 24.1 Å². The molecule has 0 bridgehead atoms. The highest BCUT2D eigenvalue weighted by Crippen LogP contribution is 2.21. The van der Waals surface area contributed by atoms with Crippen molar-refractivity contribution in [1.29, 1.82) is 5.26 Å². The molecule has 0 fully saturated rings. The minimum Gasteiger partial charge on any atom is -0.464 e. The summed E-state index contributed by atoms with van der Waals surface area (Å²) < 4.78 is 5.12. The third-order valence-corrected chi connectivity index (χ3v) is 2.98. The number of rotatable bonds is 5. The van der Waals surface area contributed by atoms with Crippen LogP contribution in [0.4, 0.5) is 5.69 Å². The predicted octanol–water partition coefficient (Wildman–Crippen LogP) is 3.27. The van der Waals surface area contributed by atoms with Crippen molar-refractivity contribution in [3.8, 4) is 6.07 Å². The van der Waals surface area contributed by atoms with Crippen molar-refractivity contribution in [2.24, 2.45) is 0 Å². The number of carbonyl (C=O) groups is 1. The molecule has 106 valence electrons. The van der Waals surface area contributed by atoms with Gasteiger partial charge in [0.1, 0.15) is 0 Å². The summed E-state index contributed by atoms with van der Waals surface area (Å²) in [6, 6.07) is 17.8. The molecule has 4 nitrogen and oxygen atoms in total. The molecule has 0 aromatic heterocycles. The third-order valence-electron chi connectivity index (χ3n) is 2.98. The van der Waals surface area contributed by atoms with Crippen molar-refractivity contribution >= 4 is 11.7 Å². The minimum absolute atomic E-state index is 0.322. The fraction of sp³-hybridized carbons (Fsp3) is 0.176. The maximum Gasteiger partial charge on any atom is 0.333 e. The quantitative estimate of drug-likeness (QED) is 0.854. The summed E-state index contributed by atoms with van der Waals surface area (Å²) in [6.07, 6.45) is 0. The van der Waals surface area contributed by atoms with Gasteiger partial charge in [0.2, 0.25) is 0 Å². The molecule has 1 N–H and O–H groups in total. The maximum atomic E-state index is 12.2. The molecule has 2 aromatic rings. The van der Waals surface area contributed by atoms with Crippen molar-refractivity contribution in [2.45, 2.75) is 13.0 Å². The van der Waals surface area contributed by atoms with Crippen LogP contribution >= 0.6 is 0 Å². The second kappa shape index (κ2) is 7.11. The summed E-state index contributed by atoms with van der Waals surface area (Å²) in [5, 5.41) is 12.0. The van der Waals surface area contributed by atoms with Crippen LogP contribution < -0.4 is 5.32 Å². The molecule has 0 spiro atoms. The lowest BCUT2D eigenvalue weighted by Crippen LogP contribution is -2.23. The van der Waals surface area contributed by atoms with Gasteiger partial charge in [0.05, 0.1) is 18.2 Å². The Kier molecular flexibility index (Phi) is 4.94. The summed E-state index contributed by atoms with van der Waals surface area (Å²) >= 11 is 0. The SMILES string of the molecule is CCOC(=O)C(Nc1ccccc1)c1ccc(C#N)cc1. The van der Waals surface area contributed by atoms with Crippen LogP contribution in [0, 0.1) is 11.3 Å².